The zero-order valence-corrected chi connectivity index (χ0v) is 20.1. The van der Waals surface area contributed by atoms with Crippen LogP contribution in [0.15, 0.2) is 18.2 Å². The first kappa shape index (κ1) is 25.3. The Morgan fingerprint density at radius 3 is 2.49 bits per heavy atom. The molecule has 190 valence electrons. The molecule has 2 amide bonds. The molecule has 1 aliphatic carbocycles. The lowest BCUT2D eigenvalue weighted by Gasteiger charge is -2.42. The molecule has 0 radical (unpaired) electrons. The van der Waals surface area contributed by atoms with E-state index >= 15 is 0 Å². The molecule has 0 bridgehead atoms. The molecule has 1 aromatic carbocycles. The second-order valence-corrected chi connectivity index (χ2v) is 10.3. The lowest BCUT2D eigenvalue weighted by molar-refractivity contribution is -0.140. The second-order valence-electron chi connectivity index (χ2n) is 10.3. The molecule has 35 heavy (non-hydrogen) atoms. The van der Waals surface area contributed by atoms with Crippen molar-refractivity contribution in [3.05, 3.63) is 29.3 Å². The van der Waals surface area contributed by atoms with Crippen LogP contribution in [0, 0.1) is 28.1 Å². The molecule has 2 heterocycles. The molecule has 1 N–H and O–H groups in total. The van der Waals surface area contributed by atoms with Gasteiger partial charge in [-0.3, -0.25) is 9.59 Å². The zero-order chi connectivity index (χ0) is 25.4. The minimum atomic E-state index is -4.65. The van der Waals surface area contributed by atoms with E-state index in [1.807, 2.05) is 16.7 Å². The van der Waals surface area contributed by atoms with Gasteiger partial charge in [-0.15, -0.1) is 0 Å². The molecule has 4 rings (SSSR count). The molecule has 1 unspecified atom stereocenters. The Labute approximate surface area is 203 Å². The van der Waals surface area contributed by atoms with Crippen molar-refractivity contribution >= 4 is 17.5 Å². The maximum Gasteiger partial charge on any atom is 0.417 e. The van der Waals surface area contributed by atoms with Gasteiger partial charge in [0, 0.05) is 56.4 Å². The van der Waals surface area contributed by atoms with E-state index in [-0.39, 0.29) is 23.8 Å². The van der Waals surface area contributed by atoms with Gasteiger partial charge in [0.2, 0.25) is 11.8 Å². The quantitative estimate of drug-likeness (QED) is 0.617. The third-order valence-corrected chi connectivity index (χ3v) is 7.93. The van der Waals surface area contributed by atoms with E-state index in [9.17, 15) is 22.8 Å². The fourth-order valence-electron chi connectivity index (χ4n) is 5.43. The predicted octanol–water partition coefficient (Wildman–Crippen LogP) is 3.18. The van der Waals surface area contributed by atoms with Crippen LogP contribution in [0.25, 0.3) is 0 Å². The summed E-state index contributed by atoms with van der Waals surface area (Å²) >= 11 is 0. The van der Waals surface area contributed by atoms with Gasteiger partial charge in [-0.1, -0.05) is 6.92 Å². The molecule has 1 saturated carbocycles. The predicted molar refractivity (Wildman–Crippen MR) is 122 cm³/mol. The molecule has 1 aromatic rings. The summed E-state index contributed by atoms with van der Waals surface area (Å²) in [5.41, 5.74) is -1.78. The van der Waals surface area contributed by atoms with Gasteiger partial charge in [0.1, 0.15) is 0 Å². The van der Waals surface area contributed by atoms with Gasteiger partial charge < -0.3 is 19.9 Å². The van der Waals surface area contributed by atoms with Crippen molar-refractivity contribution in [2.45, 2.75) is 38.8 Å². The van der Waals surface area contributed by atoms with E-state index in [2.05, 4.69) is 5.32 Å². The van der Waals surface area contributed by atoms with Crippen molar-refractivity contribution in [1.82, 2.24) is 10.2 Å². The minimum Gasteiger partial charge on any atom is -0.383 e. The SMILES string of the molecule is COCCNC(=O)C1CN(c2ccc(C#N)c(C(F)(F)F)c2)CC12CCN(C(=O)C1(C)CC1)CC2. The number of likely N-dealkylation sites (tertiary alicyclic amines) is 1. The first-order valence-corrected chi connectivity index (χ1v) is 12.0. The van der Waals surface area contributed by atoms with Gasteiger partial charge in [-0.05, 0) is 43.9 Å². The molecule has 1 atom stereocenters. The van der Waals surface area contributed by atoms with E-state index in [0.717, 1.165) is 18.9 Å². The lowest BCUT2D eigenvalue weighted by atomic mass is 9.70. The Kier molecular flexibility index (Phi) is 6.75. The number of nitrogens with one attached hydrogen (secondary N) is 1. The number of hydrogen-bond donors (Lipinski definition) is 1. The van der Waals surface area contributed by atoms with E-state index in [0.29, 0.717) is 51.3 Å². The van der Waals surface area contributed by atoms with Crippen LogP contribution in [0.1, 0.15) is 43.7 Å². The number of nitriles is 1. The molecular formula is C25H31F3N4O3. The summed E-state index contributed by atoms with van der Waals surface area (Å²) in [6, 6.07) is 5.32. The number of piperidine rings is 1. The van der Waals surface area contributed by atoms with Gasteiger partial charge in [0.15, 0.2) is 0 Å². The standard InChI is InChI=1S/C25H31F3N4O3/c1-23(5-6-23)22(34)31-10-7-24(8-11-31)16-32(15-20(24)21(33)30-9-12-35-2)18-4-3-17(14-29)19(13-18)25(26,27)28/h3-4,13,20H,5-12,15-16H2,1-2H3,(H,30,33). The Hall–Kier alpha value is -2.80. The van der Waals surface area contributed by atoms with Crippen LogP contribution in [-0.2, 0) is 20.5 Å². The Bertz CT molecular complexity index is 1020. The molecule has 3 fully saturated rings. The summed E-state index contributed by atoms with van der Waals surface area (Å²) in [5.74, 6) is -0.425. The highest BCUT2D eigenvalue weighted by molar-refractivity contribution is 5.85. The van der Waals surface area contributed by atoms with E-state index in [1.165, 1.54) is 12.1 Å². The maximum absolute atomic E-state index is 13.6. The van der Waals surface area contributed by atoms with Crippen LogP contribution in [0.2, 0.25) is 0 Å². The number of amides is 2. The average Bonchev–Trinajstić information content (AvgIpc) is 3.48. The van der Waals surface area contributed by atoms with E-state index in [1.54, 1.807) is 13.2 Å². The first-order chi connectivity index (χ1) is 16.5. The number of carbonyl (C=O) groups excluding carboxylic acids is 2. The van der Waals surface area contributed by atoms with E-state index < -0.39 is 28.6 Å². The topological polar surface area (TPSA) is 85.7 Å². The summed E-state index contributed by atoms with van der Waals surface area (Å²) in [6.45, 7) is 4.44. The van der Waals surface area contributed by atoms with Crippen molar-refractivity contribution in [2.75, 3.05) is 51.3 Å². The summed E-state index contributed by atoms with van der Waals surface area (Å²) in [6.07, 6.45) is -1.65. The normalized spacial score (nSPS) is 22.7. The highest BCUT2D eigenvalue weighted by atomic mass is 19.4. The Balaban J connectivity index is 1.58. The third-order valence-electron chi connectivity index (χ3n) is 7.93. The van der Waals surface area contributed by atoms with Gasteiger partial charge in [0.05, 0.1) is 29.7 Å². The van der Waals surface area contributed by atoms with Crippen LogP contribution in [0.3, 0.4) is 0 Å². The molecule has 3 aliphatic rings. The van der Waals surface area contributed by atoms with Crippen LogP contribution >= 0.6 is 0 Å². The van der Waals surface area contributed by atoms with Crippen molar-refractivity contribution in [1.29, 1.82) is 5.26 Å². The lowest BCUT2D eigenvalue weighted by Crippen LogP contribution is -2.51. The average molecular weight is 493 g/mol. The van der Waals surface area contributed by atoms with Crippen molar-refractivity contribution in [3.63, 3.8) is 0 Å². The number of methoxy groups -OCH3 is 1. The number of benzene rings is 1. The fourth-order valence-corrected chi connectivity index (χ4v) is 5.43. The highest BCUT2D eigenvalue weighted by Gasteiger charge is 2.54. The second kappa shape index (κ2) is 9.34. The Morgan fingerprint density at radius 2 is 1.91 bits per heavy atom. The van der Waals surface area contributed by atoms with Gasteiger partial charge >= 0.3 is 6.18 Å². The summed E-state index contributed by atoms with van der Waals surface area (Å²) < 4.78 is 45.7. The third kappa shape index (κ3) is 4.96. The molecule has 0 aromatic heterocycles. The number of carbonyl (C=O) groups is 2. The number of halogens is 3. The maximum atomic E-state index is 13.6. The Morgan fingerprint density at radius 1 is 1.23 bits per heavy atom. The van der Waals surface area contributed by atoms with Crippen LogP contribution in [0.4, 0.5) is 18.9 Å². The molecule has 2 saturated heterocycles. The minimum absolute atomic E-state index is 0.150. The van der Waals surface area contributed by atoms with Crippen molar-refractivity contribution in [2.24, 2.45) is 16.7 Å². The summed E-state index contributed by atoms with van der Waals surface area (Å²) in [4.78, 5) is 29.7. The number of hydrogen-bond acceptors (Lipinski definition) is 5. The molecule has 10 heteroatoms. The van der Waals surface area contributed by atoms with Crippen LogP contribution in [-0.4, -0.2) is 63.2 Å². The van der Waals surface area contributed by atoms with Crippen molar-refractivity contribution in [3.8, 4) is 6.07 Å². The molecule has 2 aliphatic heterocycles. The molecule has 7 nitrogen and oxygen atoms in total. The highest BCUT2D eigenvalue weighted by Crippen LogP contribution is 2.50. The van der Waals surface area contributed by atoms with Gasteiger partial charge in [-0.25, -0.2) is 0 Å². The monoisotopic (exact) mass is 492 g/mol. The number of rotatable bonds is 6. The molecule has 1 spiro atoms. The van der Waals surface area contributed by atoms with E-state index in [4.69, 9.17) is 10.00 Å². The largest absolute Gasteiger partial charge is 0.417 e. The van der Waals surface area contributed by atoms with Crippen molar-refractivity contribution < 1.29 is 27.5 Å². The fraction of sp³-hybridized carbons (Fsp3) is 0.640. The van der Waals surface area contributed by atoms with Gasteiger partial charge in [-0.2, -0.15) is 18.4 Å². The first-order valence-electron chi connectivity index (χ1n) is 12.0. The number of ether oxygens (including phenoxy) is 1. The molecular weight excluding hydrogens is 461 g/mol. The number of alkyl halides is 3. The number of nitrogens with zero attached hydrogens (tertiary/aromatic N) is 3. The summed E-state index contributed by atoms with van der Waals surface area (Å²) in [5, 5.41) is 12.0. The zero-order valence-electron chi connectivity index (χ0n) is 20.1. The summed E-state index contributed by atoms with van der Waals surface area (Å²) in [7, 11) is 1.54. The number of anilines is 1. The smallest absolute Gasteiger partial charge is 0.383 e. The van der Waals surface area contributed by atoms with Crippen LogP contribution in [0.5, 0.6) is 0 Å². The van der Waals surface area contributed by atoms with Crippen LogP contribution < -0.4 is 10.2 Å². The van der Waals surface area contributed by atoms with Gasteiger partial charge in [0.25, 0.3) is 0 Å².